The van der Waals surface area contributed by atoms with Crippen molar-refractivity contribution in [2.24, 2.45) is 5.73 Å². The maximum absolute atomic E-state index is 11.1. The molecule has 2 N–H and O–H groups in total. The molecule has 1 unspecified atom stereocenters. The van der Waals surface area contributed by atoms with E-state index in [4.69, 9.17) is 11.0 Å². The molecule has 0 saturated carbocycles. The normalized spacial score (nSPS) is 18.9. The summed E-state index contributed by atoms with van der Waals surface area (Å²) in [4.78, 5) is 23.3. The van der Waals surface area contributed by atoms with Gasteiger partial charge in [0.25, 0.3) is 0 Å². The van der Waals surface area contributed by atoms with E-state index >= 15 is 0 Å². The van der Waals surface area contributed by atoms with Crippen molar-refractivity contribution in [2.45, 2.75) is 25.3 Å². The Bertz CT molecular complexity index is 253. The first kappa shape index (κ1) is 9.68. The van der Waals surface area contributed by atoms with Gasteiger partial charge in [0.1, 0.15) is 0 Å². The summed E-state index contributed by atoms with van der Waals surface area (Å²) in [6.45, 7) is 0.270. The molecule has 13 heavy (non-hydrogen) atoms. The average Bonchev–Trinajstić information content (AvgIpc) is 2.43. The summed E-state index contributed by atoms with van der Waals surface area (Å²) < 4.78 is 0. The van der Waals surface area contributed by atoms with E-state index < -0.39 is 6.04 Å². The first-order chi connectivity index (χ1) is 6.15. The third-order valence-corrected chi connectivity index (χ3v) is 1.98. The van der Waals surface area contributed by atoms with Gasteiger partial charge in [-0.1, -0.05) is 0 Å². The number of carbonyl (C=O) groups is 2. The van der Waals surface area contributed by atoms with Crippen molar-refractivity contribution < 1.29 is 9.59 Å². The van der Waals surface area contributed by atoms with E-state index in [-0.39, 0.29) is 18.4 Å². The van der Waals surface area contributed by atoms with Crippen LogP contribution in [0.2, 0.25) is 0 Å². The van der Waals surface area contributed by atoms with Gasteiger partial charge in [-0.05, 0) is 6.42 Å². The number of nitriles is 1. The van der Waals surface area contributed by atoms with Crippen LogP contribution < -0.4 is 5.73 Å². The number of amides is 2. The number of imide groups is 1. The fourth-order valence-electron chi connectivity index (χ4n) is 1.21. The lowest BCUT2D eigenvalue weighted by Crippen LogP contribution is -2.33. The molecule has 1 aliphatic heterocycles. The van der Waals surface area contributed by atoms with E-state index in [2.05, 4.69) is 0 Å². The fraction of sp³-hybridized carbons (Fsp3) is 0.625. The average molecular weight is 181 g/mol. The van der Waals surface area contributed by atoms with Gasteiger partial charge >= 0.3 is 0 Å². The number of nitrogens with two attached hydrogens (primary N) is 1. The summed E-state index contributed by atoms with van der Waals surface area (Å²) >= 11 is 0. The molecule has 0 aromatic heterocycles. The number of likely N-dealkylation sites (tertiary alicyclic amines) is 1. The Morgan fingerprint density at radius 1 is 1.46 bits per heavy atom. The van der Waals surface area contributed by atoms with Crippen molar-refractivity contribution in [1.29, 1.82) is 5.26 Å². The van der Waals surface area contributed by atoms with Gasteiger partial charge in [-0.3, -0.25) is 14.5 Å². The van der Waals surface area contributed by atoms with E-state index in [0.29, 0.717) is 19.3 Å². The molecule has 0 aliphatic carbocycles. The third kappa shape index (κ3) is 2.26. The number of hydrogen-bond donors (Lipinski definition) is 1. The van der Waals surface area contributed by atoms with E-state index in [9.17, 15) is 9.59 Å². The van der Waals surface area contributed by atoms with Crippen molar-refractivity contribution >= 4 is 11.8 Å². The van der Waals surface area contributed by atoms with Crippen LogP contribution in [-0.4, -0.2) is 29.3 Å². The minimum absolute atomic E-state index is 0.157. The summed E-state index contributed by atoms with van der Waals surface area (Å²) in [6.07, 6.45) is 0.940. The zero-order valence-corrected chi connectivity index (χ0v) is 7.19. The van der Waals surface area contributed by atoms with Gasteiger partial charge in [-0.25, -0.2) is 0 Å². The lowest BCUT2D eigenvalue weighted by atomic mass is 10.2. The minimum Gasteiger partial charge on any atom is -0.316 e. The minimum atomic E-state index is -0.596. The van der Waals surface area contributed by atoms with Gasteiger partial charge < -0.3 is 5.73 Å². The molecule has 1 saturated heterocycles. The highest BCUT2D eigenvalue weighted by atomic mass is 16.2. The first-order valence-electron chi connectivity index (χ1n) is 4.13. The second-order valence-electron chi connectivity index (χ2n) is 2.96. The fourth-order valence-corrected chi connectivity index (χ4v) is 1.21. The standard InChI is InChI=1S/C8H11N3O2/c9-5-6(10)3-4-11-7(12)1-2-8(11)13/h6H,1-4,10H2. The largest absolute Gasteiger partial charge is 0.316 e. The van der Waals surface area contributed by atoms with Crippen molar-refractivity contribution in [3.63, 3.8) is 0 Å². The number of nitrogens with zero attached hydrogens (tertiary/aromatic N) is 2. The maximum Gasteiger partial charge on any atom is 0.229 e. The van der Waals surface area contributed by atoms with Crippen molar-refractivity contribution in [2.75, 3.05) is 6.54 Å². The molecule has 5 nitrogen and oxygen atoms in total. The summed E-state index contributed by atoms with van der Waals surface area (Å²) in [5.41, 5.74) is 5.33. The predicted octanol–water partition coefficient (Wildman–Crippen LogP) is -0.624. The molecule has 0 aromatic rings. The molecule has 0 spiro atoms. The van der Waals surface area contributed by atoms with Gasteiger partial charge in [0.15, 0.2) is 0 Å². The Balaban J connectivity index is 2.41. The first-order valence-corrected chi connectivity index (χ1v) is 4.13. The van der Waals surface area contributed by atoms with Gasteiger partial charge in [0.05, 0.1) is 12.1 Å². The van der Waals surface area contributed by atoms with Gasteiger partial charge in [0.2, 0.25) is 11.8 Å². The third-order valence-electron chi connectivity index (χ3n) is 1.98. The van der Waals surface area contributed by atoms with Crippen LogP contribution in [0.1, 0.15) is 19.3 Å². The van der Waals surface area contributed by atoms with Gasteiger partial charge in [-0.15, -0.1) is 0 Å². The zero-order chi connectivity index (χ0) is 9.84. The van der Waals surface area contributed by atoms with Crippen LogP contribution in [0.15, 0.2) is 0 Å². The molecule has 0 aromatic carbocycles. The van der Waals surface area contributed by atoms with Gasteiger partial charge in [0, 0.05) is 19.4 Å². The van der Waals surface area contributed by atoms with Crippen LogP contribution >= 0.6 is 0 Å². The molecule has 1 aliphatic rings. The predicted molar refractivity (Wildman–Crippen MR) is 44.2 cm³/mol. The Labute approximate surface area is 76.1 Å². The van der Waals surface area contributed by atoms with Crippen LogP contribution in [0, 0.1) is 11.3 Å². The highest BCUT2D eigenvalue weighted by molar-refractivity contribution is 6.01. The maximum atomic E-state index is 11.1. The molecule has 2 amide bonds. The number of carbonyl (C=O) groups excluding carboxylic acids is 2. The molecule has 0 radical (unpaired) electrons. The number of hydrogen-bond acceptors (Lipinski definition) is 4. The Hall–Kier alpha value is -1.41. The van der Waals surface area contributed by atoms with Gasteiger partial charge in [-0.2, -0.15) is 5.26 Å². The lowest BCUT2D eigenvalue weighted by molar-refractivity contribution is -0.138. The summed E-state index contributed by atoms with van der Waals surface area (Å²) in [5.74, 6) is -0.315. The second-order valence-corrected chi connectivity index (χ2v) is 2.96. The highest BCUT2D eigenvalue weighted by Gasteiger charge is 2.28. The summed E-state index contributed by atoms with van der Waals surface area (Å²) in [6, 6.07) is 1.25. The van der Waals surface area contributed by atoms with Crippen molar-refractivity contribution in [3.05, 3.63) is 0 Å². The smallest absolute Gasteiger partial charge is 0.229 e. The van der Waals surface area contributed by atoms with Crippen LogP contribution in [0.5, 0.6) is 0 Å². The monoisotopic (exact) mass is 181 g/mol. The van der Waals surface area contributed by atoms with Crippen LogP contribution in [0.25, 0.3) is 0 Å². The zero-order valence-electron chi connectivity index (χ0n) is 7.19. The molecule has 1 atom stereocenters. The molecule has 0 bridgehead atoms. The second kappa shape index (κ2) is 4.01. The lowest BCUT2D eigenvalue weighted by Gasteiger charge is -2.13. The molecule has 1 heterocycles. The van der Waals surface area contributed by atoms with E-state index in [0.717, 1.165) is 0 Å². The Morgan fingerprint density at radius 3 is 2.46 bits per heavy atom. The van der Waals surface area contributed by atoms with Crippen molar-refractivity contribution in [3.8, 4) is 6.07 Å². The highest BCUT2D eigenvalue weighted by Crippen LogP contribution is 2.11. The molecule has 1 rings (SSSR count). The van der Waals surface area contributed by atoms with Crippen LogP contribution in [0.3, 0.4) is 0 Å². The Kier molecular flexibility index (Phi) is 2.98. The Morgan fingerprint density at radius 2 is 2.00 bits per heavy atom. The van der Waals surface area contributed by atoms with Crippen molar-refractivity contribution in [1.82, 2.24) is 4.90 Å². The molecular weight excluding hydrogens is 170 g/mol. The molecule has 1 fully saturated rings. The molecular formula is C8H11N3O2. The van der Waals surface area contributed by atoms with Crippen LogP contribution in [-0.2, 0) is 9.59 Å². The van der Waals surface area contributed by atoms with E-state index in [1.165, 1.54) is 4.90 Å². The summed E-state index contributed by atoms with van der Waals surface area (Å²) in [7, 11) is 0. The molecule has 5 heteroatoms. The molecule has 70 valence electrons. The number of rotatable bonds is 3. The van der Waals surface area contributed by atoms with E-state index in [1.807, 2.05) is 6.07 Å². The topological polar surface area (TPSA) is 87.2 Å². The van der Waals surface area contributed by atoms with Crippen LogP contribution in [0.4, 0.5) is 0 Å². The SMILES string of the molecule is N#CC(N)CCN1C(=O)CCC1=O. The van der Waals surface area contributed by atoms with E-state index in [1.54, 1.807) is 0 Å². The quantitative estimate of drug-likeness (QED) is 0.587. The summed E-state index contributed by atoms with van der Waals surface area (Å²) in [5, 5.41) is 8.38.